The molecule has 4 rings (SSSR count). The first-order chi connectivity index (χ1) is 14.5. The van der Waals surface area contributed by atoms with Crippen molar-refractivity contribution in [1.82, 2.24) is 15.1 Å². The number of carbonyl (C=O) groups is 1. The summed E-state index contributed by atoms with van der Waals surface area (Å²) in [4.78, 5) is 14.8. The first-order valence-corrected chi connectivity index (χ1v) is 10.0. The number of aromatic amines is 1. The van der Waals surface area contributed by atoms with Crippen LogP contribution in [0, 0.1) is 5.82 Å². The van der Waals surface area contributed by atoms with Gasteiger partial charge in [0.2, 0.25) is 0 Å². The lowest BCUT2D eigenvalue weighted by Gasteiger charge is -2.27. The molecule has 1 amide bonds. The Kier molecular flexibility index (Phi) is 5.55. The Morgan fingerprint density at radius 1 is 1.20 bits per heavy atom. The van der Waals surface area contributed by atoms with Crippen molar-refractivity contribution in [1.29, 1.82) is 0 Å². The highest BCUT2D eigenvalue weighted by Crippen LogP contribution is 2.44. The number of amides is 1. The number of aromatic hydroxyl groups is 1. The van der Waals surface area contributed by atoms with Gasteiger partial charge in [0.25, 0.3) is 5.91 Å². The van der Waals surface area contributed by atoms with Gasteiger partial charge in [-0.1, -0.05) is 30.3 Å². The maximum absolute atomic E-state index is 14.8. The zero-order chi connectivity index (χ0) is 21.3. The van der Waals surface area contributed by atoms with E-state index in [1.54, 1.807) is 47.4 Å². The Morgan fingerprint density at radius 2 is 1.93 bits per heavy atom. The van der Waals surface area contributed by atoms with Crippen LogP contribution >= 0.6 is 0 Å². The Balaban J connectivity index is 1.77. The normalized spacial score (nSPS) is 15.8. The summed E-state index contributed by atoms with van der Waals surface area (Å²) in [5.41, 5.74) is 2.25. The molecule has 0 fully saturated rings. The summed E-state index contributed by atoms with van der Waals surface area (Å²) in [6.07, 6.45) is 0.727. The van der Waals surface area contributed by atoms with Gasteiger partial charge in [-0.2, -0.15) is 5.10 Å². The third-order valence-corrected chi connectivity index (χ3v) is 5.22. The van der Waals surface area contributed by atoms with Gasteiger partial charge in [0.1, 0.15) is 23.0 Å². The van der Waals surface area contributed by atoms with Crippen LogP contribution in [-0.2, 0) is 4.74 Å². The van der Waals surface area contributed by atoms with Crippen LogP contribution in [0.1, 0.15) is 47.9 Å². The number of rotatable bonds is 7. The molecule has 0 bridgehead atoms. The van der Waals surface area contributed by atoms with Crippen LogP contribution < -0.4 is 0 Å². The zero-order valence-corrected chi connectivity index (χ0v) is 16.9. The molecule has 0 radical (unpaired) electrons. The van der Waals surface area contributed by atoms with E-state index in [-0.39, 0.29) is 17.8 Å². The second-order valence-electron chi connectivity index (χ2n) is 7.57. The van der Waals surface area contributed by atoms with E-state index in [1.165, 1.54) is 6.07 Å². The Hall–Kier alpha value is -3.19. The molecule has 1 aliphatic rings. The second-order valence-corrected chi connectivity index (χ2v) is 7.57. The molecule has 3 aromatic rings. The van der Waals surface area contributed by atoms with Crippen molar-refractivity contribution in [2.24, 2.45) is 0 Å². The summed E-state index contributed by atoms with van der Waals surface area (Å²) in [6, 6.07) is 12.6. The lowest BCUT2D eigenvalue weighted by molar-refractivity contribution is 0.0599. The number of nitrogens with zero attached hydrogens (tertiary/aromatic N) is 2. The van der Waals surface area contributed by atoms with Gasteiger partial charge < -0.3 is 14.7 Å². The van der Waals surface area contributed by atoms with Crippen LogP contribution in [0.5, 0.6) is 5.75 Å². The maximum atomic E-state index is 14.8. The molecule has 2 heterocycles. The molecule has 0 unspecified atom stereocenters. The predicted molar refractivity (Wildman–Crippen MR) is 111 cm³/mol. The first-order valence-electron chi connectivity index (χ1n) is 10.0. The standard InChI is InChI=1S/C23H24FN3O3/c1-14(2)30-13-7-12-27-22(15-8-3-5-10-17(15)24)19-20(25-26-21(19)23(27)29)16-9-4-6-11-18(16)28/h3-6,8-11,14,22,28H,7,12-13H2,1-2H3,(H,25,26)/t22-/m0/s1. The predicted octanol–water partition coefficient (Wildman–Crippen LogP) is 4.28. The van der Waals surface area contributed by atoms with Gasteiger partial charge >= 0.3 is 0 Å². The molecule has 0 saturated carbocycles. The number of benzene rings is 2. The number of para-hydroxylation sites is 1. The molecule has 156 valence electrons. The van der Waals surface area contributed by atoms with Crippen molar-refractivity contribution in [3.05, 3.63) is 71.2 Å². The van der Waals surface area contributed by atoms with Crippen LogP contribution in [0.2, 0.25) is 0 Å². The Morgan fingerprint density at radius 3 is 2.67 bits per heavy atom. The number of carbonyl (C=O) groups excluding carboxylic acids is 1. The number of hydrogen-bond donors (Lipinski definition) is 2. The molecule has 0 aliphatic carbocycles. The monoisotopic (exact) mass is 409 g/mol. The fourth-order valence-corrected chi connectivity index (χ4v) is 3.88. The molecular formula is C23H24FN3O3. The molecule has 1 aliphatic heterocycles. The Bertz CT molecular complexity index is 1060. The van der Waals surface area contributed by atoms with Crippen LogP contribution in [-0.4, -0.2) is 45.4 Å². The topological polar surface area (TPSA) is 78.5 Å². The SMILES string of the molecule is CC(C)OCCCN1C(=O)c2[nH]nc(-c3ccccc3O)c2[C@@H]1c1ccccc1F. The van der Waals surface area contributed by atoms with Crippen molar-refractivity contribution >= 4 is 5.91 Å². The van der Waals surface area contributed by atoms with Gasteiger partial charge in [0.15, 0.2) is 0 Å². The van der Waals surface area contributed by atoms with E-state index in [0.29, 0.717) is 47.7 Å². The van der Waals surface area contributed by atoms with E-state index in [1.807, 2.05) is 13.8 Å². The lowest BCUT2D eigenvalue weighted by atomic mass is 9.95. The Labute approximate surface area is 174 Å². The summed E-state index contributed by atoms with van der Waals surface area (Å²) < 4.78 is 20.4. The lowest BCUT2D eigenvalue weighted by Crippen LogP contribution is -2.31. The van der Waals surface area contributed by atoms with E-state index >= 15 is 0 Å². The highest BCUT2D eigenvalue weighted by atomic mass is 19.1. The molecular weight excluding hydrogens is 385 g/mol. The van der Waals surface area contributed by atoms with E-state index < -0.39 is 11.9 Å². The third-order valence-electron chi connectivity index (χ3n) is 5.22. The zero-order valence-electron chi connectivity index (χ0n) is 16.9. The fourth-order valence-electron chi connectivity index (χ4n) is 3.88. The minimum Gasteiger partial charge on any atom is -0.507 e. The molecule has 7 heteroatoms. The smallest absolute Gasteiger partial charge is 0.273 e. The van der Waals surface area contributed by atoms with Gasteiger partial charge in [-0.05, 0) is 38.5 Å². The second kappa shape index (κ2) is 8.28. The molecule has 0 saturated heterocycles. The summed E-state index contributed by atoms with van der Waals surface area (Å²) in [5.74, 6) is -0.580. The van der Waals surface area contributed by atoms with Gasteiger partial charge in [0, 0.05) is 29.8 Å². The van der Waals surface area contributed by atoms with Crippen LogP contribution in [0.3, 0.4) is 0 Å². The van der Waals surface area contributed by atoms with Crippen molar-refractivity contribution in [2.45, 2.75) is 32.4 Å². The summed E-state index contributed by atoms with van der Waals surface area (Å²) in [5, 5.41) is 17.5. The van der Waals surface area contributed by atoms with E-state index in [4.69, 9.17) is 4.74 Å². The van der Waals surface area contributed by atoms with Crippen molar-refractivity contribution in [3.8, 4) is 17.0 Å². The van der Waals surface area contributed by atoms with E-state index in [2.05, 4.69) is 10.2 Å². The molecule has 2 aromatic carbocycles. The fraction of sp³-hybridized carbons (Fsp3) is 0.304. The van der Waals surface area contributed by atoms with Gasteiger partial charge in [-0.3, -0.25) is 9.89 Å². The van der Waals surface area contributed by atoms with Gasteiger partial charge in [-0.25, -0.2) is 4.39 Å². The van der Waals surface area contributed by atoms with E-state index in [0.717, 1.165) is 0 Å². The number of hydrogen-bond acceptors (Lipinski definition) is 4. The first kappa shape index (κ1) is 20.1. The number of aromatic nitrogens is 2. The van der Waals surface area contributed by atoms with Gasteiger partial charge in [-0.15, -0.1) is 0 Å². The minimum absolute atomic E-state index is 0.0512. The number of fused-ring (bicyclic) bond motifs is 1. The number of nitrogens with one attached hydrogen (secondary N) is 1. The molecule has 0 spiro atoms. The van der Waals surface area contributed by atoms with Gasteiger partial charge in [0.05, 0.1) is 12.1 Å². The van der Waals surface area contributed by atoms with E-state index in [9.17, 15) is 14.3 Å². The average molecular weight is 409 g/mol. The maximum Gasteiger partial charge on any atom is 0.273 e. The van der Waals surface area contributed by atoms with Crippen LogP contribution in [0.4, 0.5) is 4.39 Å². The number of halogens is 1. The average Bonchev–Trinajstić information content (AvgIpc) is 3.25. The molecule has 30 heavy (non-hydrogen) atoms. The molecule has 1 aromatic heterocycles. The molecule has 2 N–H and O–H groups in total. The minimum atomic E-state index is -0.638. The summed E-state index contributed by atoms with van der Waals surface area (Å²) in [6.45, 7) is 4.83. The molecule has 1 atom stereocenters. The van der Waals surface area contributed by atoms with Crippen molar-refractivity contribution in [2.75, 3.05) is 13.2 Å². The van der Waals surface area contributed by atoms with Crippen molar-refractivity contribution < 1.29 is 19.0 Å². The summed E-state index contributed by atoms with van der Waals surface area (Å²) >= 11 is 0. The largest absolute Gasteiger partial charge is 0.507 e. The van der Waals surface area contributed by atoms with Crippen LogP contribution in [0.15, 0.2) is 48.5 Å². The van der Waals surface area contributed by atoms with Crippen LogP contribution in [0.25, 0.3) is 11.3 Å². The number of ether oxygens (including phenoxy) is 1. The highest BCUT2D eigenvalue weighted by Gasteiger charge is 2.43. The molecule has 6 nitrogen and oxygen atoms in total. The summed E-state index contributed by atoms with van der Waals surface area (Å²) in [7, 11) is 0. The number of H-pyrrole nitrogens is 1. The number of phenols is 1. The quantitative estimate of drug-likeness (QED) is 0.571. The number of phenolic OH excluding ortho intramolecular Hbond substituents is 1. The highest BCUT2D eigenvalue weighted by molar-refractivity contribution is 6.00. The van der Waals surface area contributed by atoms with Crippen molar-refractivity contribution in [3.63, 3.8) is 0 Å². The third kappa shape index (κ3) is 3.57.